The van der Waals surface area contributed by atoms with Crippen molar-refractivity contribution in [1.29, 1.82) is 0 Å². The Morgan fingerprint density at radius 2 is 2.14 bits per heavy atom. The van der Waals surface area contributed by atoms with E-state index in [1.54, 1.807) is 0 Å². The van der Waals surface area contributed by atoms with E-state index in [4.69, 9.17) is 5.73 Å². The number of halogens is 1. The van der Waals surface area contributed by atoms with Crippen molar-refractivity contribution in [2.75, 3.05) is 25.0 Å². The Balaban J connectivity index is 0.00000176. The van der Waals surface area contributed by atoms with Crippen molar-refractivity contribution in [2.45, 2.75) is 45.1 Å². The van der Waals surface area contributed by atoms with Gasteiger partial charge in [0.1, 0.15) is 0 Å². The first-order chi connectivity index (χ1) is 10.3. The highest BCUT2D eigenvalue weighted by molar-refractivity contribution is 14.0. The van der Waals surface area contributed by atoms with Crippen LogP contribution in [0.4, 0.5) is 5.69 Å². The molecule has 1 aromatic carbocycles. The average molecular weight is 414 g/mol. The van der Waals surface area contributed by atoms with E-state index in [1.807, 2.05) is 0 Å². The zero-order chi connectivity index (χ0) is 14.7. The third kappa shape index (κ3) is 4.13. The molecule has 3 N–H and O–H groups in total. The van der Waals surface area contributed by atoms with Crippen LogP contribution in [0.1, 0.15) is 37.3 Å². The van der Waals surface area contributed by atoms with Crippen molar-refractivity contribution in [1.82, 2.24) is 4.90 Å². The SMILES string of the molecule is CCN1CCCC1CN=C(N)Nc1ccc2c(c1)CCC2.I. The predicted molar refractivity (Wildman–Crippen MR) is 104 cm³/mol. The molecule has 0 spiro atoms. The predicted octanol–water partition coefficient (Wildman–Crippen LogP) is 3.00. The van der Waals surface area contributed by atoms with Gasteiger partial charge in [0.05, 0.1) is 6.54 Å². The molecule has 1 atom stereocenters. The Labute approximate surface area is 150 Å². The van der Waals surface area contributed by atoms with E-state index in [0.29, 0.717) is 12.0 Å². The molecular formula is C17H27IN4. The molecule has 5 heteroatoms. The van der Waals surface area contributed by atoms with Crippen LogP contribution in [0.25, 0.3) is 0 Å². The van der Waals surface area contributed by atoms with E-state index >= 15 is 0 Å². The number of benzene rings is 1. The lowest BCUT2D eigenvalue weighted by Crippen LogP contribution is -2.33. The van der Waals surface area contributed by atoms with Gasteiger partial charge in [0.2, 0.25) is 0 Å². The maximum Gasteiger partial charge on any atom is 0.193 e. The van der Waals surface area contributed by atoms with Gasteiger partial charge in [-0.1, -0.05) is 13.0 Å². The van der Waals surface area contributed by atoms with Crippen LogP contribution in [-0.4, -0.2) is 36.5 Å². The molecule has 1 aliphatic heterocycles. The minimum atomic E-state index is 0. The molecule has 1 fully saturated rings. The molecule has 122 valence electrons. The van der Waals surface area contributed by atoms with Crippen LogP contribution in [0.15, 0.2) is 23.2 Å². The molecule has 1 unspecified atom stereocenters. The van der Waals surface area contributed by atoms with E-state index < -0.39 is 0 Å². The largest absolute Gasteiger partial charge is 0.370 e. The van der Waals surface area contributed by atoms with Gasteiger partial charge < -0.3 is 11.1 Å². The number of aliphatic imine (C=N–C) groups is 1. The highest BCUT2D eigenvalue weighted by atomic mass is 127. The number of likely N-dealkylation sites (N-methyl/N-ethyl adjacent to an activating group) is 1. The Bertz CT molecular complexity index is 529. The van der Waals surface area contributed by atoms with Gasteiger partial charge in [-0.05, 0) is 68.5 Å². The first-order valence-corrected chi connectivity index (χ1v) is 8.19. The molecule has 0 radical (unpaired) electrons. The van der Waals surface area contributed by atoms with Gasteiger partial charge in [0, 0.05) is 11.7 Å². The quantitative estimate of drug-likeness (QED) is 0.453. The number of rotatable bonds is 4. The monoisotopic (exact) mass is 414 g/mol. The average Bonchev–Trinajstić information content (AvgIpc) is 3.13. The number of fused-ring (bicyclic) bond motifs is 1. The Kier molecular flexibility index (Phi) is 6.50. The summed E-state index contributed by atoms with van der Waals surface area (Å²) >= 11 is 0. The number of nitrogens with one attached hydrogen (secondary N) is 1. The molecule has 0 aromatic heterocycles. The molecule has 1 aromatic rings. The standard InChI is InChI=1S/C17H26N4.HI/c1-2-21-10-4-7-16(21)12-19-17(18)20-15-9-8-13-5-3-6-14(13)11-15;/h8-9,11,16H,2-7,10,12H2,1H3,(H3,18,19,20);1H. The Morgan fingerprint density at radius 3 is 2.95 bits per heavy atom. The number of anilines is 1. The summed E-state index contributed by atoms with van der Waals surface area (Å²) in [6, 6.07) is 7.11. The molecule has 3 rings (SSSR count). The van der Waals surface area contributed by atoms with Crippen molar-refractivity contribution in [3.05, 3.63) is 29.3 Å². The van der Waals surface area contributed by atoms with Gasteiger partial charge in [-0.15, -0.1) is 24.0 Å². The van der Waals surface area contributed by atoms with Crippen LogP contribution in [0.5, 0.6) is 0 Å². The van der Waals surface area contributed by atoms with Gasteiger partial charge in [0.15, 0.2) is 5.96 Å². The van der Waals surface area contributed by atoms with Crippen LogP contribution in [-0.2, 0) is 12.8 Å². The van der Waals surface area contributed by atoms with Crippen molar-refractivity contribution in [2.24, 2.45) is 10.7 Å². The number of nitrogens with zero attached hydrogens (tertiary/aromatic N) is 2. The number of guanidine groups is 1. The summed E-state index contributed by atoms with van der Waals surface area (Å²) in [6.07, 6.45) is 6.20. The van der Waals surface area contributed by atoms with Crippen molar-refractivity contribution >= 4 is 35.6 Å². The molecule has 0 bridgehead atoms. The van der Waals surface area contributed by atoms with Crippen molar-refractivity contribution in [3.8, 4) is 0 Å². The molecule has 1 heterocycles. The second-order valence-electron chi connectivity index (χ2n) is 6.11. The van der Waals surface area contributed by atoms with Crippen LogP contribution < -0.4 is 11.1 Å². The second kappa shape index (κ2) is 8.15. The Morgan fingerprint density at radius 1 is 1.32 bits per heavy atom. The number of aryl methyl sites for hydroxylation is 2. The van der Waals surface area contributed by atoms with Gasteiger partial charge >= 0.3 is 0 Å². The number of nitrogens with two attached hydrogens (primary N) is 1. The highest BCUT2D eigenvalue weighted by Gasteiger charge is 2.22. The zero-order valence-corrected chi connectivity index (χ0v) is 15.7. The smallest absolute Gasteiger partial charge is 0.193 e. The Hall–Kier alpha value is -0.820. The minimum Gasteiger partial charge on any atom is -0.370 e. The summed E-state index contributed by atoms with van der Waals surface area (Å²) in [6.45, 7) is 5.33. The normalized spacial score (nSPS) is 21.5. The van der Waals surface area contributed by atoms with Crippen LogP contribution >= 0.6 is 24.0 Å². The molecule has 2 aliphatic rings. The summed E-state index contributed by atoms with van der Waals surface area (Å²) in [7, 11) is 0. The third-order valence-corrected chi connectivity index (χ3v) is 4.75. The van der Waals surface area contributed by atoms with Crippen LogP contribution in [0.3, 0.4) is 0 Å². The molecular weight excluding hydrogens is 387 g/mol. The van der Waals surface area contributed by atoms with Gasteiger partial charge in [-0.2, -0.15) is 0 Å². The molecule has 22 heavy (non-hydrogen) atoms. The summed E-state index contributed by atoms with van der Waals surface area (Å²) in [5, 5.41) is 3.24. The molecule has 4 nitrogen and oxygen atoms in total. The van der Waals surface area contributed by atoms with Gasteiger partial charge in [0.25, 0.3) is 0 Å². The molecule has 1 aliphatic carbocycles. The maximum atomic E-state index is 6.04. The van der Waals surface area contributed by atoms with Crippen molar-refractivity contribution < 1.29 is 0 Å². The fraction of sp³-hybridized carbons (Fsp3) is 0.588. The maximum absolute atomic E-state index is 6.04. The van der Waals surface area contributed by atoms with E-state index in [-0.39, 0.29) is 24.0 Å². The lowest BCUT2D eigenvalue weighted by Gasteiger charge is -2.21. The van der Waals surface area contributed by atoms with Crippen molar-refractivity contribution in [3.63, 3.8) is 0 Å². The molecule has 0 amide bonds. The number of likely N-dealkylation sites (tertiary alicyclic amines) is 1. The zero-order valence-electron chi connectivity index (χ0n) is 13.3. The molecule has 1 saturated heterocycles. The van der Waals surface area contributed by atoms with Crippen LogP contribution in [0, 0.1) is 0 Å². The fourth-order valence-corrected chi connectivity index (χ4v) is 3.56. The van der Waals surface area contributed by atoms with Gasteiger partial charge in [-0.25, -0.2) is 0 Å². The first kappa shape index (κ1) is 17.5. The summed E-state index contributed by atoms with van der Waals surface area (Å²) < 4.78 is 0. The third-order valence-electron chi connectivity index (χ3n) is 4.75. The van der Waals surface area contributed by atoms with E-state index in [1.165, 1.54) is 49.8 Å². The summed E-state index contributed by atoms with van der Waals surface area (Å²) in [5.74, 6) is 0.538. The fourth-order valence-electron chi connectivity index (χ4n) is 3.56. The number of hydrogen-bond acceptors (Lipinski definition) is 2. The second-order valence-corrected chi connectivity index (χ2v) is 6.11. The molecule has 0 saturated carbocycles. The van der Waals surface area contributed by atoms with E-state index in [9.17, 15) is 0 Å². The lowest BCUT2D eigenvalue weighted by molar-refractivity contribution is 0.273. The lowest BCUT2D eigenvalue weighted by atomic mass is 10.1. The first-order valence-electron chi connectivity index (χ1n) is 8.19. The summed E-state index contributed by atoms with van der Waals surface area (Å²) in [4.78, 5) is 7.03. The number of hydrogen-bond donors (Lipinski definition) is 2. The topological polar surface area (TPSA) is 53.6 Å². The van der Waals surface area contributed by atoms with E-state index in [2.05, 4.69) is 40.3 Å². The van der Waals surface area contributed by atoms with Gasteiger partial charge in [-0.3, -0.25) is 9.89 Å². The van der Waals surface area contributed by atoms with Crippen LogP contribution in [0.2, 0.25) is 0 Å². The minimum absolute atomic E-state index is 0. The van der Waals surface area contributed by atoms with E-state index in [0.717, 1.165) is 18.8 Å². The highest BCUT2D eigenvalue weighted by Crippen LogP contribution is 2.24. The summed E-state index contributed by atoms with van der Waals surface area (Å²) in [5.41, 5.74) is 10.0.